The topological polar surface area (TPSA) is 47.3 Å². The van der Waals surface area contributed by atoms with E-state index < -0.39 is 0 Å². The quantitative estimate of drug-likeness (QED) is 0.592. The molecule has 2 aromatic rings. The van der Waals surface area contributed by atoms with Gasteiger partial charge < -0.3 is 0 Å². The van der Waals surface area contributed by atoms with Gasteiger partial charge in [0.05, 0.1) is 5.69 Å². The van der Waals surface area contributed by atoms with E-state index in [0.29, 0.717) is 11.2 Å². The fraction of sp³-hybridized carbons (Fsp3) is 0.222. The minimum atomic E-state index is -0.189. The van der Waals surface area contributed by atoms with Gasteiger partial charge in [-0.2, -0.15) is 10.1 Å². The van der Waals surface area contributed by atoms with Crippen molar-refractivity contribution in [1.29, 1.82) is 0 Å². The lowest BCUT2D eigenvalue weighted by Crippen LogP contribution is -2.13. The molecule has 0 aliphatic carbocycles. The van der Waals surface area contributed by atoms with Crippen LogP contribution in [0.5, 0.6) is 0 Å². The molecular formula is C9H9N3O. The van der Waals surface area contributed by atoms with Crippen molar-refractivity contribution in [1.82, 2.24) is 14.6 Å². The summed E-state index contributed by atoms with van der Waals surface area (Å²) in [6.45, 7) is 3.62. The van der Waals surface area contributed by atoms with Gasteiger partial charge in [-0.1, -0.05) is 0 Å². The summed E-state index contributed by atoms with van der Waals surface area (Å²) in [4.78, 5) is 15.0. The fourth-order valence-electron chi connectivity index (χ4n) is 1.14. The molecule has 0 atom stereocenters. The number of aryl methyl sites for hydroxylation is 2. The predicted molar refractivity (Wildman–Crippen MR) is 48.7 cm³/mol. The van der Waals surface area contributed by atoms with Gasteiger partial charge in [-0.3, -0.25) is 4.79 Å². The zero-order valence-corrected chi connectivity index (χ0v) is 7.48. The Morgan fingerprint density at radius 1 is 1.31 bits per heavy atom. The van der Waals surface area contributed by atoms with E-state index in [-0.39, 0.29) is 5.56 Å². The molecule has 0 radical (unpaired) electrons. The Balaban J connectivity index is 2.89. The largest absolute Gasteiger partial charge is 0.276 e. The summed E-state index contributed by atoms with van der Waals surface area (Å²) in [6.07, 6.45) is 1.69. The van der Waals surface area contributed by atoms with Crippen LogP contribution in [-0.2, 0) is 0 Å². The van der Waals surface area contributed by atoms with Gasteiger partial charge in [0.2, 0.25) is 0 Å². The molecule has 0 N–H and O–H groups in total. The van der Waals surface area contributed by atoms with Gasteiger partial charge in [-0.05, 0) is 26.0 Å². The van der Waals surface area contributed by atoms with E-state index in [0.717, 1.165) is 5.69 Å². The average molecular weight is 175 g/mol. The first-order valence-corrected chi connectivity index (χ1v) is 4.01. The van der Waals surface area contributed by atoms with Gasteiger partial charge in [-0.25, -0.2) is 4.52 Å². The highest BCUT2D eigenvalue weighted by atomic mass is 16.1. The van der Waals surface area contributed by atoms with E-state index in [1.807, 2.05) is 13.0 Å². The molecule has 2 heterocycles. The molecule has 0 aromatic carbocycles. The van der Waals surface area contributed by atoms with Crippen molar-refractivity contribution in [3.63, 3.8) is 0 Å². The van der Waals surface area contributed by atoms with Gasteiger partial charge in [0.1, 0.15) is 0 Å². The number of hydrogen-bond acceptors (Lipinski definition) is 3. The first-order chi connectivity index (χ1) is 6.16. The minimum absolute atomic E-state index is 0.189. The van der Waals surface area contributed by atoms with E-state index in [4.69, 9.17) is 0 Å². The summed E-state index contributed by atoms with van der Waals surface area (Å²) in [5.74, 6) is 0. The normalized spacial score (nSPS) is 10.6. The summed E-state index contributed by atoms with van der Waals surface area (Å²) in [5.41, 5.74) is 1.90. The van der Waals surface area contributed by atoms with Gasteiger partial charge in [0.25, 0.3) is 5.56 Å². The maximum Gasteiger partial charge on any atom is 0.276 e. The molecule has 13 heavy (non-hydrogen) atoms. The molecule has 0 spiro atoms. The number of aromatic nitrogens is 3. The lowest BCUT2D eigenvalue weighted by atomic mass is 10.3. The second-order valence-corrected chi connectivity index (χ2v) is 3.01. The van der Waals surface area contributed by atoms with Gasteiger partial charge in [0, 0.05) is 11.8 Å². The number of nitrogens with zero attached hydrogens (tertiary/aromatic N) is 3. The van der Waals surface area contributed by atoms with Crippen molar-refractivity contribution in [3.8, 4) is 0 Å². The van der Waals surface area contributed by atoms with Crippen LogP contribution >= 0.6 is 0 Å². The smallest absolute Gasteiger partial charge is 0.267 e. The molecule has 0 amide bonds. The van der Waals surface area contributed by atoms with Crippen LogP contribution in [0.4, 0.5) is 0 Å². The molecule has 0 saturated carbocycles. The Bertz CT molecular complexity index is 516. The van der Waals surface area contributed by atoms with Crippen LogP contribution in [0, 0.1) is 13.8 Å². The third-order valence-corrected chi connectivity index (χ3v) is 1.84. The van der Waals surface area contributed by atoms with Crippen LogP contribution in [0.1, 0.15) is 11.3 Å². The van der Waals surface area contributed by atoms with Crippen LogP contribution in [0.2, 0.25) is 0 Å². The molecule has 0 bridgehead atoms. The molecule has 0 aliphatic rings. The van der Waals surface area contributed by atoms with Crippen molar-refractivity contribution in [2.75, 3.05) is 0 Å². The van der Waals surface area contributed by atoms with Crippen molar-refractivity contribution < 1.29 is 0 Å². The standard InChI is InChI=1S/C9H9N3O/c1-6-5-12-8(10-9(6)13)4-3-7(2)11-12/h3-5H,1-2H3. The maximum absolute atomic E-state index is 11.2. The van der Waals surface area contributed by atoms with Gasteiger partial charge in [0.15, 0.2) is 5.65 Å². The Hall–Kier alpha value is -1.71. The third kappa shape index (κ3) is 1.30. The predicted octanol–water partition coefficient (Wildman–Crippen LogP) is 0.706. The maximum atomic E-state index is 11.2. The fourth-order valence-corrected chi connectivity index (χ4v) is 1.14. The van der Waals surface area contributed by atoms with Gasteiger partial charge in [-0.15, -0.1) is 0 Å². The number of fused-ring (bicyclic) bond motifs is 1. The van der Waals surface area contributed by atoms with Crippen LogP contribution in [-0.4, -0.2) is 14.6 Å². The lowest BCUT2D eigenvalue weighted by molar-refractivity contribution is 0.857. The SMILES string of the molecule is Cc1ccc2nc(=O)c(C)cn2n1. The summed E-state index contributed by atoms with van der Waals surface area (Å²) >= 11 is 0. The summed E-state index contributed by atoms with van der Waals surface area (Å²) < 4.78 is 1.62. The van der Waals surface area contributed by atoms with E-state index in [1.54, 1.807) is 23.7 Å². The molecule has 0 unspecified atom stereocenters. The summed E-state index contributed by atoms with van der Waals surface area (Å²) in [5, 5.41) is 4.19. The molecule has 0 fully saturated rings. The van der Waals surface area contributed by atoms with Crippen molar-refractivity contribution in [2.24, 2.45) is 0 Å². The Morgan fingerprint density at radius 3 is 2.85 bits per heavy atom. The molecule has 4 nitrogen and oxygen atoms in total. The van der Waals surface area contributed by atoms with E-state index in [9.17, 15) is 4.79 Å². The van der Waals surface area contributed by atoms with Crippen LogP contribution < -0.4 is 5.56 Å². The zero-order chi connectivity index (χ0) is 9.42. The minimum Gasteiger partial charge on any atom is -0.267 e. The number of rotatable bonds is 0. The Morgan fingerprint density at radius 2 is 2.08 bits per heavy atom. The summed E-state index contributed by atoms with van der Waals surface area (Å²) in [6, 6.07) is 3.61. The molecule has 2 aromatic heterocycles. The Labute approximate surface area is 74.9 Å². The monoisotopic (exact) mass is 175 g/mol. The molecule has 0 saturated heterocycles. The highest BCUT2D eigenvalue weighted by Gasteiger charge is 1.98. The van der Waals surface area contributed by atoms with E-state index >= 15 is 0 Å². The van der Waals surface area contributed by atoms with E-state index in [2.05, 4.69) is 10.1 Å². The zero-order valence-electron chi connectivity index (χ0n) is 7.48. The number of hydrogen-bond donors (Lipinski definition) is 0. The van der Waals surface area contributed by atoms with Crippen molar-refractivity contribution in [2.45, 2.75) is 13.8 Å². The second-order valence-electron chi connectivity index (χ2n) is 3.01. The highest BCUT2D eigenvalue weighted by Crippen LogP contribution is 1.97. The van der Waals surface area contributed by atoms with Crippen molar-refractivity contribution in [3.05, 3.63) is 39.9 Å². The summed E-state index contributed by atoms with van der Waals surface area (Å²) in [7, 11) is 0. The first-order valence-electron chi connectivity index (χ1n) is 4.01. The molecule has 66 valence electrons. The van der Waals surface area contributed by atoms with Crippen LogP contribution in [0.15, 0.2) is 23.1 Å². The van der Waals surface area contributed by atoms with Crippen LogP contribution in [0.3, 0.4) is 0 Å². The molecule has 4 heteroatoms. The second kappa shape index (κ2) is 2.65. The van der Waals surface area contributed by atoms with E-state index in [1.165, 1.54) is 0 Å². The lowest BCUT2D eigenvalue weighted by Gasteiger charge is -2.00. The molecular weight excluding hydrogens is 166 g/mol. The third-order valence-electron chi connectivity index (χ3n) is 1.84. The Kier molecular flexibility index (Phi) is 1.62. The molecule has 0 aliphatic heterocycles. The molecule has 2 rings (SSSR count). The van der Waals surface area contributed by atoms with Gasteiger partial charge >= 0.3 is 0 Å². The van der Waals surface area contributed by atoms with Crippen LogP contribution in [0.25, 0.3) is 5.65 Å². The highest BCUT2D eigenvalue weighted by molar-refractivity contribution is 5.36. The van der Waals surface area contributed by atoms with Crippen molar-refractivity contribution >= 4 is 5.65 Å². The first kappa shape index (κ1) is 7.91. The average Bonchev–Trinajstić information content (AvgIpc) is 2.08.